The molecule has 0 spiro atoms. The maximum absolute atomic E-state index is 6.48. The minimum Gasteiger partial charge on any atom is -0.208 e. The zero-order chi connectivity index (χ0) is 18.8. The molecule has 0 aliphatic heterocycles. The highest BCUT2D eigenvalue weighted by Crippen LogP contribution is 2.35. The van der Waals surface area contributed by atoms with E-state index in [2.05, 4.69) is 46.8 Å². The molecule has 4 rings (SSSR count). The molecule has 0 radical (unpaired) electrons. The smallest absolute Gasteiger partial charge is 0.165 e. The minimum absolute atomic E-state index is 0.529. The van der Waals surface area contributed by atoms with Gasteiger partial charge in [0, 0.05) is 25.6 Å². The van der Waals surface area contributed by atoms with Crippen LogP contribution in [0.5, 0.6) is 0 Å². The molecule has 0 amide bonds. The number of hydrogen-bond acceptors (Lipinski definition) is 3. The molecular formula is C21H12Br2ClN3. The van der Waals surface area contributed by atoms with Gasteiger partial charge in [0.25, 0.3) is 0 Å². The quantitative estimate of drug-likeness (QED) is 0.282. The fourth-order valence-electron chi connectivity index (χ4n) is 2.62. The van der Waals surface area contributed by atoms with Gasteiger partial charge >= 0.3 is 0 Å². The predicted octanol–water partition coefficient (Wildman–Crippen LogP) is 7.05. The second-order valence-corrected chi connectivity index (χ2v) is 7.90. The van der Waals surface area contributed by atoms with E-state index < -0.39 is 0 Å². The molecule has 0 unspecified atom stereocenters. The number of nitrogens with zero attached hydrogens (tertiary/aromatic N) is 3. The number of hydrogen-bond donors (Lipinski definition) is 0. The minimum atomic E-state index is 0.529. The van der Waals surface area contributed by atoms with E-state index in [0.29, 0.717) is 22.5 Å². The Labute approximate surface area is 178 Å². The van der Waals surface area contributed by atoms with Crippen LogP contribution in [0.2, 0.25) is 5.02 Å². The molecule has 27 heavy (non-hydrogen) atoms. The van der Waals surface area contributed by atoms with Crippen LogP contribution >= 0.6 is 43.5 Å². The van der Waals surface area contributed by atoms with E-state index in [1.54, 1.807) is 0 Å². The lowest BCUT2D eigenvalue weighted by Crippen LogP contribution is -2.00. The third-order valence-electron chi connectivity index (χ3n) is 3.95. The van der Waals surface area contributed by atoms with Gasteiger partial charge in [0.05, 0.1) is 5.02 Å². The van der Waals surface area contributed by atoms with Gasteiger partial charge in [-0.3, -0.25) is 0 Å². The zero-order valence-electron chi connectivity index (χ0n) is 13.9. The number of halogens is 3. The summed E-state index contributed by atoms with van der Waals surface area (Å²) in [7, 11) is 0. The van der Waals surface area contributed by atoms with Gasteiger partial charge in [-0.05, 0) is 44.0 Å². The van der Waals surface area contributed by atoms with Gasteiger partial charge in [0.15, 0.2) is 17.5 Å². The van der Waals surface area contributed by atoms with E-state index in [9.17, 15) is 0 Å². The van der Waals surface area contributed by atoms with Crippen molar-refractivity contribution in [3.05, 3.63) is 86.8 Å². The largest absolute Gasteiger partial charge is 0.208 e. The standard InChI is InChI=1S/C21H12Br2ClN3/c22-16-11-15(18(24)12-17(16)23)21-26-19(13-7-3-1-4-8-13)25-20(27-21)14-9-5-2-6-10-14/h1-12H. The second kappa shape index (κ2) is 7.89. The van der Waals surface area contributed by atoms with Gasteiger partial charge in [0.2, 0.25) is 0 Å². The van der Waals surface area contributed by atoms with Gasteiger partial charge in [-0.1, -0.05) is 72.3 Å². The third kappa shape index (κ3) is 3.95. The molecule has 0 bridgehead atoms. The summed E-state index contributed by atoms with van der Waals surface area (Å²) in [6.45, 7) is 0. The van der Waals surface area contributed by atoms with Crippen LogP contribution in [-0.4, -0.2) is 15.0 Å². The molecule has 3 nitrogen and oxygen atoms in total. The topological polar surface area (TPSA) is 38.7 Å². The van der Waals surface area contributed by atoms with Crippen molar-refractivity contribution < 1.29 is 0 Å². The van der Waals surface area contributed by atoms with Gasteiger partial charge in [-0.2, -0.15) is 0 Å². The highest BCUT2D eigenvalue weighted by atomic mass is 79.9. The molecule has 0 atom stereocenters. The van der Waals surface area contributed by atoms with E-state index in [1.165, 1.54) is 0 Å². The molecule has 0 aliphatic carbocycles. The van der Waals surface area contributed by atoms with Gasteiger partial charge in [0.1, 0.15) is 0 Å². The van der Waals surface area contributed by atoms with E-state index >= 15 is 0 Å². The maximum atomic E-state index is 6.48. The van der Waals surface area contributed by atoms with Crippen LogP contribution in [0, 0.1) is 0 Å². The van der Waals surface area contributed by atoms with Crippen molar-refractivity contribution in [2.75, 3.05) is 0 Å². The summed E-state index contributed by atoms with van der Waals surface area (Å²) in [6.07, 6.45) is 0. The lowest BCUT2D eigenvalue weighted by atomic mass is 10.1. The predicted molar refractivity (Wildman–Crippen MR) is 117 cm³/mol. The van der Waals surface area contributed by atoms with Crippen molar-refractivity contribution in [3.8, 4) is 34.2 Å². The Morgan fingerprint density at radius 3 is 1.56 bits per heavy atom. The molecule has 0 fully saturated rings. The van der Waals surface area contributed by atoms with Crippen molar-refractivity contribution in [1.82, 2.24) is 15.0 Å². The average molecular weight is 502 g/mol. The summed E-state index contributed by atoms with van der Waals surface area (Å²) in [5, 5.41) is 0.564. The van der Waals surface area contributed by atoms with Crippen LogP contribution in [0.15, 0.2) is 81.7 Å². The average Bonchev–Trinajstić information content (AvgIpc) is 2.72. The summed E-state index contributed by atoms with van der Waals surface area (Å²) < 4.78 is 1.75. The Morgan fingerprint density at radius 1 is 0.593 bits per heavy atom. The van der Waals surface area contributed by atoms with Crippen LogP contribution in [0.3, 0.4) is 0 Å². The monoisotopic (exact) mass is 499 g/mol. The van der Waals surface area contributed by atoms with Crippen molar-refractivity contribution in [2.24, 2.45) is 0 Å². The molecule has 4 aromatic rings. The van der Waals surface area contributed by atoms with E-state index in [4.69, 9.17) is 11.6 Å². The molecule has 6 heteroatoms. The molecule has 3 aromatic carbocycles. The number of benzene rings is 3. The van der Waals surface area contributed by atoms with E-state index in [0.717, 1.165) is 25.6 Å². The van der Waals surface area contributed by atoms with Crippen molar-refractivity contribution in [2.45, 2.75) is 0 Å². The Hall–Kier alpha value is -2.08. The molecule has 1 heterocycles. The first-order chi connectivity index (χ1) is 13.1. The molecule has 0 saturated heterocycles. The molecule has 0 N–H and O–H groups in total. The summed E-state index contributed by atoms with van der Waals surface area (Å²) >= 11 is 13.5. The second-order valence-electron chi connectivity index (χ2n) is 5.78. The lowest BCUT2D eigenvalue weighted by Gasteiger charge is -2.10. The van der Waals surface area contributed by atoms with Crippen molar-refractivity contribution in [1.29, 1.82) is 0 Å². The normalized spacial score (nSPS) is 10.8. The van der Waals surface area contributed by atoms with E-state index in [-0.39, 0.29) is 0 Å². The Kier molecular flexibility index (Phi) is 5.34. The number of aromatic nitrogens is 3. The first-order valence-corrected chi connectivity index (χ1v) is 10.1. The Morgan fingerprint density at radius 2 is 1.04 bits per heavy atom. The van der Waals surface area contributed by atoms with Crippen LogP contribution < -0.4 is 0 Å². The molecular weight excluding hydrogens is 490 g/mol. The van der Waals surface area contributed by atoms with Crippen LogP contribution in [0.25, 0.3) is 34.2 Å². The summed E-state index contributed by atoms with van der Waals surface area (Å²) in [5.41, 5.74) is 2.58. The van der Waals surface area contributed by atoms with Gasteiger partial charge in [-0.15, -0.1) is 0 Å². The molecule has 0 aliphatic rings. The summed E-state index contributed by atoms with van der Waals surface area (Å²) in [6, 6.07) is 23.4. The molecule has 1 aromatic heterocycles. The molecule has 132 valence electrons. The lowest BCUT2D eigenvalue weighted by molar-refractivity contribution is 1.07. The third-order valence-corrected chi connectivity index (χ3v) is 6.11. The summed E-state index contributed by atoms with van der Waals surface area (Å²) in [5.74, 6) is 1.74. The molecule has 0 saturated carbocycles. The SMILES string of the molecule is Clc1cc(Br)c(Br)cc1-c1nc(-c2ccccc2)nc(-c2ccccc2)n1. The van der Waals surface area contributed by atoms with Gasteiger partial charge in [-0.25, -0.2) is 15.0 Å². The van der Waals surface area contributed by atoms with Gasteiger partial charge < -0.3 is 0 Å². The number of rotatable bonds is 3. The van der Waals surface area contributed by atoms with E-state index in [1.807, 2.05) is 72.8 Å². The van der Waals surface area contributed by atoms with Crippen LogP contribution in [-0.2, 0) is 0 Å². The Bertz CT molecular complexity index is 1050. The fraction of sp³-hybridized carbons (Fsp3) is 0. The highest BCUT2D eigenvalue weighted by Gasteiger charge is 2.15. The van der Waals surface area contributed by atoms with Crippen molar-refractivity contribution >= 4 is 43.5 Å². The zero-order valence-corrected chi connectivity index (χ0v) is 17.8. The fourth-order valence-corrected chi connectivity index (χ4v) is 3.69. The van der Waals surface area contributed by atoms with Crippen LogP contribution in [0.1, 0.15) is 0 Å². The first kappa shape index (κ1) is 18.3. The van der Waals surface area contributed by atoms with Crippen molar-refractivity contribution in [3.63, 3.8) is 0 Å². The van der Waals surface area contributed by atoms with Crippen LogP contribution in [0.4, 0.5) is 0 Å². The summed E-state index contributed by atoms with van der Waals surface area (Å²) in [4.78, 5) is 14.1. The first-order valence-electron chi connectivity index (χ1n) is 8.13. The Balaban J connectivity index is 1.95. The highest BCUT2D eigenvalue weighted by molar-refractivity contribution is 9.13. The maximum Gasteiger partial charge on any atom is 0.165 e.